The molecule has 0 aliphatic carbocycles. The minimum atomic E-state index is -2.60. The molecule has 1 aliphatic heterocycles. The minimum absolute atomic E-state index is 0.177. The van der Waals surface area contributed by atoms with Gasteiger partial charge < -0.3 is 9.64 Å². The summed E-state index contributed by atoms with van der Waals surface area (Å²) in [5.41, 5.74) is 1.71. The van der Waals surface area contributed by atoms with Gasteiger partial charge in [-0.25, -0.2) is 9.59 Å². The van der Waals surface area contributed by atoms with E-state index in [0.29, 0.717) is 21.8 Å². The molecule has 0 atom stereocenters. The van der Waals surface area contributed by atoms with Crippen LogP contribution in [0.2, 0.25) is 5.02 Å². The van der Waals surface area contributed by atoms with Gasteiger partial charge in [0.2, 0.25) is 0 Å². The summed E-state index contributed by atoms with van der Waals surface area (Å²) in [6, 6.07) is 13.8. The number of amides is 2. The molecule has 2 aromatic carbocycles. The lowest BCUT2D eigenvalue weighted by Crippen LogP contribution is -2.48. The average Bonchev–Trinajstić information content (AvgIpc) is 2.72. The van der Waals surface area contributed by atoms with E-state index in [1.165, 1.54) is 13.2 Å². The third kappa shape index (κ3) is 5.22. The highest BCUT2D eigenvalue weighted by Crippen LogP contribution is 2.40. The van der Waals surface area contributed by atoms with E-state index in [4.69, 9.17) is 16.3 Å². The smallest absolute Gasteiger partial charge is 0.337 e. The lowest BCUT2D eigenvalue weighted by atomic mass is 10.1. The maximum absolute atomic E-state index is 13.2. The van der Waals surface area contributed by atoms with Gasteiger partial charge in [-0.15, -0.1) is 0 Å². The summed E-state index contributed by atoms with van der Waals surface area (Å²) in [7, 11) is -1.30. The van der Waals surface area contributed by atoms with Crippen LogP contribution in [0.3, 0.4) is 0 Å². The van der Waals surface area contributed by atoms with E-state index < -0.39 is 16.6 Å². The van der Waals surface area contributed by atoms with Gasteiger partial charge in [0.25, 0.3) is 0 Å². The first kappa shape index (κ1) is 21.4. The first-order valence-electron chi connectivity index (χ1n) is 9.02. The van der Waals surface area contributed by atoms with Gasteiger partial charge in [0.1, 0.15) is 0 Å². The number of hydrogen-bond donors (Lipinski definition) is 2. The second kappa shape index (κ2) is 9.04. The number of benzene rings is 2. The highest BCUT2D eigenvalue weighted by molar-refractivity contribution is 8.24. The summed E-state index contributed by atoms with van der Waals surface area (Å²) >= 11 is 6.37. The molecule has 1 fully saturated rings. The summed E-state index contributed by atoms with van der Waals surface area (Å²) in [4.78, 5) is 28.1. The van der Waals surface area contributed by atoms with Crippen molar-refractivity contribution in [1.29, 1.82) is 0 Å². The van der Waals surface area contributed by atoms with Crippen LogP contribution in [0, 0.1) is 0 Å². The number of anilines is 1. The molecule has 0 radical (unpaired) electrons. The number of hydrogen-bond acceptors (Lipinski definition) is 5. The molecule has 29 heavy (non-hydrogen) atoms. The van der Waals surface area contributed by atoms with E-state index in [2.05, 4.69) is 0 Å². The summed E-state index contributed by atoms with van der Waals surface area (Å²) in [6.07, 6.45) is 0. The molecular weight excluding hydrogens is 416 g/mol. The van der Waals surface area contributed by atoms with Crippen molar-refractivity contribution >= 4 is 39.9 Å². The standard InChI is InChI=1S/C20H23ClN2O5S/c1-28-19(24)15-7-8-16(18(21)13-15)14-23(17-5-3-2-4-6-17)20(25)22-9-11-29(26,27)12-10-22/h2-8,13,26-27H,9-12,14H2,1H3. The maximum atomic E-state index is 13.2. The van der Waals surface area contributed by atoms with Crippen LogP contribution in [-0.2, 0) is 11.3 Å². The van der Waals surface area contributed by atoms with Crippen molar-refractivity contribution in [2.75, 3.05) is 36.6 Å². The molecule has 7 nitrogen and oxygen atoms in total. The normalized spacial score (nSPS) is 16.8. The van der Waals surface area contributed by atoms with Crippen molar-refractivity contribution in [3.05, 3.63) is 64.7 Å². The van der Waals surface area contributed by atoms with Crippen LogP contribution >= 0.6 is 22.2 Å². The van der Waals surface area contributed by atoms with Crippen LogP contribution < -0.4 is 4.90 Å². The molecule has 1 saturated heterocycles. The Balaban J connectivity index is 1.85. The fourth-order valence-electron chi connectivity index (χ4n) is 3.06. The number of carbonyl (C=O) groups excluding carboxylic acids is 2. The molecule has 0 aromatic heterocycles. The van der Waals surface area contributed by atoms with E-state index in [0.717, 1.165) is 0 Å². The van der Waals surface area contributed by atoms with Crippen molar-refractivity contribution in [2.24, 2.45) is 0 Å². The van der Waals surface area contributed by atoms with Crippen LogP contribution in [0.4, 0.5) is 10.5 Å². The highest BCUT2D eigenvalue weighted by Gasteiger charge is 2.29. The van der Waals surface area contributed by atoms with Crippen LogP contribution in [0.15, 0.2) is 48.5 Å². The van der Waals surface area contributed by atoms with Crippen molar-refractivity contribution in [2.45, 2.75) is 6.54 Å². The Bertz CT molecular complexity index is 884. The molecular formula is C20H23ClN2O5S. The molecule has 0 unspecified atom stereocenters. The number of ether oxygens (including phenoxy) is 1. The maximum Gasteiger partial charge on any atom is 0.337 e. The molecule has 0 spiro atoms. The number of carbonyl (C=O) groups is 2. The fraction of sp³-hybridized carbons (Fsp3) is 0.300. The van der Waals surface area contributed by atoms with Crippen LogP contribution in [0.5, 0.6) is 0 Å². The Morgan fingerprint density at radius 2 is 1.79 bits per heavy atom. The number of rotatable bonds is 4. The topological polar surface area (TPSA) is 90.3 Å². The zero-order valence-corrected chi connectivity index (χ0v) is 17.5. The van der Waals surface area contributed by atoms with Crippen LogP contribution in [0.1, 0.15) is 15.9 Å². The molecule has 2 N–H and O–H groups in total. The summed E-state index contributed by atoms with van der Waals surface area (Å²) < 4.78 is 24.4. The zero-order chi connectivity index (χ0) is 21.0. The molecule has 1 heterocycles. The Hall–Kier alpha value is -2.26. The lowest BCUT2D eigenvalue weighted by Gasteiger charge is -2.42. The molecule has 0 bridgehead atoms. The van der Waals surface area contributed by atoms with E-state index in [1.807, 2.05) is 30.3 Å². The Kier molecular flexibility index (Phi) is 6.69. The van der Waals surface area contributed by atoms with Gasteiger partial charge >= 0.3 is 12.0 Å². The quantitative estimate of drug-likeness (QED) is 0.694. The fourth-order valence-corrected chi connectivity index (χ4v) is 4.53. The third-order valence-electron chi connectivity index (χ3n) is 4.75. The summed E-state index contributed by atoms with van der Waals surface area (Å²) in [5, 5.41) is 0.356. The molecule has 1 aliphatic rings. The molecule has 9 heteroatoms. The van der Waals surface area contributed by atoms with Crippen LogP contribution in [0.25, 0.3) is 0 Å². The highest BCUT2D eigenvalue weighted by atomic mass is 35.5. The van der Waals surface area contributed by atoms with E-state index in [-0.39, 0.29) is 37.2 Å². The van der Waals surface area contributed by atoms with E-state index in [1.54, 1.807) is 21.9 Å². The van der Waals surface area contributed by atoms with Gasteiger partial charge in [-0.05, 0) is 29.8 Å². The van der Waals surface area contributed by atoms with Gasteiger partial charge in [0.05, 0.1) is 30.7 Å². The molecule has 3 rings (SSSR count). The predicted molar refractivity (Wildman–Crippen MR) is 115 cm³/mol. The number of nitrogens with zero attached hydrogens (tertiary/aromatic N) is 2. The SMILES string of the molecule is COC(=O)c1ccc(CN(C(=O)N2CCS(O)(O)CC2)c2ccccc2)c(Cl)c1. The number of para-hydroxylation sites is 1. The largest absolute Gasteiger partial charge is 0.465 e. The second-order valence-corrected chi connectivity index (χ2v) is 9.53. The van der Waals surface area contributed by atoms with Crippen molar-refractivity contribution in [3.8, 4) is 0 Å². The van der Waals surface area contributed by atoms with Gasteiger partial charge in [-0.2, -0.15) is 10.6 Å². The van der Waals surface area contributed by atoms with Gasteiger partial charge in [-0.1, -0.05) is 35.9 Å². The average molecular weight is 439 g/mol. The van der Waals surface area contributed by atoms with E-state index in [9.17, 15) is 18.7 Å². The Morgan fingerprint density at radius 3 is 2.38 bits per heavy atom. The molecule has 156 valence electrons. The molecule has 0 saturated carbocycles. The first-order valence-corrected chi connectivity index (χ1v) is 11.3. The molecule has 2 amide bonds. The Morgan fingerprint density at radius 1 is 1.14 bits per heavy atom. The lowest BCUT2D eigenvalue weighted by molar-refractivity contribution is 0.0600. The van der Waals surface area contributed by atoms with Crippen molar-refractivity contribution in [1.82, 2.24) is 4.90 Å². The Labute approximate surface area is 176 Å². The number of methoxy groups -OCH3 is 1. The van der Waals surface area contributed by atoms with Gasteiger partial charge in [0.15, 0.2) is 0 Å². The van der Waals surface area contributed by atoms with E-state index >= 15 is 0 Å². The summed E-state index contributed by atoms with van der Waals surface area (Å²) in [6.45, 7) is 0.759. The summed E-state index contributed by atoms with van der Waals surface area (Å²) in [5.74, 6) is -0.131. The minimum Gasteiger partial charge on any atom is -0.465 e. The van der Waals surface area contributed by atoms with Gasteiger partial charge in [0, 0.05) is 23.8 Å². The zero-order valence-electron chi connectivity index (χ0n) is 16.0. The first-order chi connectivity index (χ1) is 13.8. The van der Waals surface area contributed by atoms with Gasteiger partial charge in [-0.3, -0.25) is 14.0 Å². The second-order valence-electron chi connectivity index (χ2n) is 6.70. The molecule has 2 aromatic rings. The van der Waals surface area contributed by atoms with Crippen LogP contribution in [-0.4, -0.2) is 57.7 Å². The number of esters is 1. The van der Waals surface area contributed by atoms with Crippen molar-refractivity contribution < 1.29 is 23.4 Å². The predicted octanol–water partition coefficient (Wildman–Crippen LogP) is 4.32. The van der Waals surface area contributed by atoms with Crippen molar-refractivity contribution in [3.63, 3.8) is 0 Å². The third-order valence-corrected chi connectivity index (χ3v) is 6.77. The number of halogens is 1. The monoisotopic (exact) mass is 438 g/mol. The number of urea groups is 1.